The van der Waals surface area contributed by atoms with E-state index in [0.717, 1.165) is 42.9 Å². The minimum atomic E-state index is -3.17. The molecular formula is C36H43F4N7O5S. The molecule has 2 fully saturated rings. The van der Waals surface area contributed by atoms with Crippen molar-refractivity contribution in [2.24, 2.45) is 0 Å². The van der Waals surface area contributed by atoms with E-state index >= 15 is 17.6 Å². The molecule has 2 aliphatic heterocycles. The van der Waals surface area contributed by atoms with Gasteiger partial charge in [0.25, 0.3) is 6.43 Å². The lowest BCUT2D eigenvalue weighted by molar-refractivity contribution is 0.0240. The quantitative estimate of drug-likeness (QED) is 0.186. The van der Waals surface area contributed by atoms with Crippen molar-refractivity contribution in [3.05, 3.63) is 35.4 Å². The van der Waals surface area contributed by atoms with Crippen molar-refractivity contribution in [1.82, 2.24) is 24.8 Å². The second-order valence-electron chi connectivity index (χ2n) is 15.1. The maximum absolute atomic E-state index is 17.1. The van der Waals surface area contributed by atoms with Crippen molar-refractivity contribution < 1.29 is 41.4 Å². The number of carbonyl (C=O) groups is 2. The van der Waals surface area contributed by atoms with Crippen LogP contribution in [0.2, 0.25) is 0 Å². The summed E-state index contributed by atoms with van der Waals surface area (Å²) in [6.07, 6.45) is -2.63. The SMILES string of the molecule is CN1CCCC1COc1nc(N2CCN(C(=O)OC(C)(C)C)CC2)c2cc(C(F)F)c(-c3ccc(F)c4sc(NC(=O)OC(C)(C)C)nc34)c(F)c2n1. The summed E-state index contributed by atoms with van der Waals surface area (Å²) in [4.78, 5) is 44.0. The maximum atomic E-state index is 17.1. The Kier molecular flexibility index (Phi) is 10.6. The van der Waals surface area contributed by atoms with E-state index in [1.807, 2.05) is 7.05 Å². The summed E-state index contributed by atoms with van der Waals surface area (Å²) >= 11 is 0.757. The molecule has 6 rings (SSSR count). The molecule has 2 amide bonds. The molecule has 17 heteroatoms. The first-order chi connectivity index (χ1) is 24.9. The van der Waals surface area contributed by atoms with Crippen LogP contribution in [-0.2, 0) is 9.47 Å². The van der Waals surface area contributed by atoms with Crippen LogP contribution in [0.5, 0.6) is 6.01 Å². The molecule has 2 saturated heterocycles. The first-order valence-electron chi connectivity index (χ1n) is 17.4. The zero-order chi connectivity index (χ0) is 38.4. The monoisotopic (exact) mass is 761 g/mol. The number of halogens is 4. The Morgan fingerprint density at radius 2 is 1.66 bits per heavy atom. The molecule has 1 unspecified atom stereocenters. The second kappa shape index (κ2) is 14.7. The Bertz CT molecular complexity index is 2030. The highest BCUT2D eigenvalue weighted by molar-refractivity contribution is 7.22. The number of carbonyl (C=O) groups excluding carboxylic acids is 2. The highest BCUT2D eigenvalue weighted by atomic mass is 32.1. The van der Waals surface area contributed by atoms with Gasteiger partial charge in [0.05, 0.1) is 10.2 Å². The van der Waals surface area contributed by atoms with E-state index in [4.69, 9.17) is 14.2 Å². The summed E-state index contributed by atoms with van der Waals surface area (Å²) in [5.74, 6) is -1.66. The van der Waals surface area contributed by atoms with Crippen LogP contribution in [0.25, 0.3) is 32.2 Å². The van der Waals surface area contributed by atoms with Crippen molar-refractivity contribution >= 4 is 55.6 Å². The summed E-state index contributed by atoms with van der Waals surface area (Å²) in [5, 5.41) is 2.40. The Hall–Kier alpha value is -4.51. The third-order valence-corrected chi connectivity index (χ3v) is 9.82. The highest BCUT2D eigenvalue weighted by Crippen LogP contribution is 2.44. The van der Waals surface area contributed by atoms with E-state index in [1.54, 1.807) is 51.3 Å². The predicted octanol–water partition coefficient (Wildman–Crippen LogP) is 8.00. The zero-order valence-electron chi connectivity index (χ0n) is 30.7. The number of nitrogens with zero attached hydrogens (tertiary/aromatic N) is 6. The number of hydrogen-bond donors (Lipinski definition) is 1. The fourth-order valence-electron chi connectivity index (χ4n) is 6.37. The van der Waals surface area contributed by atoms with Crippen LogP contribution in [0.3, 0.4) is 0 Å². The predicted molar refractivity (Wildman–Crippen MR) is 194 cm³/mol. The number of piperazine rings is 1. The molecule has 286 valence electrons. The van der Waals surface area contributed by atoms with Gasteiger partial charge in [-0.2, -0.15) is 9.97 Å². The largest absolute Gasteiger partial charge is 0.462 e. The molecule has 2 aromatic heterocycles. The number of amides is 2. The molecule has 1 atom stereocenters. The minimum absolute atomic E-state index is 0.0153. The second-order valence-corrected chi connectivity index (χ2v) is 16.1. The van der Waals surface area contributed by atoms with E-state index in [0.29, 0.717) is 0 Å². The third-order valence-electron chi connectivity index (χ3n) is 8.84. The average molecular weight is 762 g/mol. The number of thiazole rings is 1. The van der Waals surface area contributed by atoms with Crippen LogP contribution in [0.4, 0.5) is 38.1 Å². The van der Waals surface area contributed by atoms with E-state index < -0.39 is 52.6 Å². The number of fused-ring (bicyclic) bond motifs is 2. The molecule has 4 aromatic rings. The lowest BCUT2D eigenvalue weighted by Crippen LogP contribution is -2.50. The molecule has 4 heterocycles. The molecule has 2 aromatic carbocycles. The molecular weight excluding hydrogens is 718 g/mol. The van der Waals surface area contributed by atoms with Gasteiger partial charge in [-0.15, -0.1) is 0 Å². The van der Waals surface area contributed by atoms with Crippen LogP contribution in [0.1, 0.15) is 66.4 Å². The summed E-state index contributed by atoms with van der Waals surface area (Å²) in [6.45, 7) is 12.4. The summed E-state index contributed by atoms with van der Waals surface area (Å²) in [5.41, 5.74) is -3.26. The van der Waals surface area contributed by atoms with Crippen LogP contribution >= 0.6 is 11.3 Å². The molecule has 0 spiro atoms. The Labute approximate surface area is 308 Å². The summed E-state index contributed by atoms with van der Waals surface area (Å²) in [6, 6.07) is 3.30. The number of anilines is 2. The minimum Gasteiger partial charge on any atom is -0.462 e. The Balaban J connectivity index is 1.45. The van der Waals surface area contributed by atoms with Gasteiger partial charge in [0, 0.05) is 54.3 Å². The van der Waals surface area contributed by atoms with Crippen LogP contribution in [0, 0.1) is 11.6 Å². The molecule has 0 saturated carbocycles. The lowest BCUT2D eigenvalue weighted by atomic mass is 9.95. The summed E-state index contributed by atoms with van der Waals surface area (Å²) in [7, 11) is 1.98. The number of ether oxygens (including phenoxy) is 3. The van der Waals surface area contributed by atoms with Gasteiger partial charge < -0.3 is 28.9 Å². The normalized spacial score (nSPS) is 17.2. The highest BCUT2D eigenvalue weighted by Gasteiger charge is 2.32. The Morgan fingerprint density at radius 3 is 2.28 bits per heavy atom. The number of rotatable bonds is 7. The van der Waals surface area contributed by atoms with Crippen molar-refractivity contribution in [3.63, 3.8) is 0 Å². The molecule has 0 radical (unpaired) electrons. The molecule has 0 aliphatic carbocycles. The standard InChI is InChI=1S/C36H43F4N7O5S/c1-35(2,3)51-33(48)44-32-42-27-20(10-11-23(37)28(27)53-32)24-21(29(39)40)17-22-26(25(24)38)41-31(50-18-19-9-8-12-45(19)7)43-30(22)46-13-15-47(16-14-46)34(49)52-36(4,5)6/h10-11,17,19,29H,8-9,12-16,18H2,1-7H3,(H,42,44,48). The van der Waals surface area contributed by atoms with Gasteiger partial charge >= 0.3 is 18.2 Å². The third kappa shape index (κ3) is 8.51. The van der Waals surface area contributed by atoms with Crippen molar-refractivity contribution in [2.75, 3.05) is 56.6 Å². The van der Waals surface area contributed by atoms with E-state index in [-0.39, 0.29) is 82.5 Å². The van der Waals surface area contributed by atoms with Gasteiger partial charge in [-0.1, -0.05) is 11.3 Å². The fourth-order valence-corrected chi connectivity index (χ4v) is 7.25. The number of aromatic nitrogens is 3. The topological polar surface area (TPSA) is 122 Å². The van der Waals surface area contributed by atoms with Gasteiger partial charge in [-0.25, -0.2) is 32.1 Å². The first kappa shape index (κ1) is 38.2. The van der Waals surface area contributed by atoms with Crippen molar-refractivity contribution in [3.8, 4) is 17.1 Å². The van der Waals surface area contributed by atoms with Gasteiger partial charge in [0.1, 0.15) is 35.0 Å². The van der Waals surface area contributed by atoms with Gasteiger partial charge in [-0.05, 0) is 86.2 Å². The lowest BCUT2D eigenvalue weighted by Gasteiger charge is -2.36. The average Bonchev–Trinajstić information content (AvgIpc) is 3.68. The number of likely N-dealkylation sites (tertiary alicyclic amines) is 1. The van der Waals surface area contributed by atoms with E-state index in [1.165, 1.54) is 6.07 Å². The molecule has 53 heavy (non-hydrogen) atoms. The van der Waals surface area contributed by atoms with Crippen LogP contribution in [-0.4, -0.2) is 101 Å². The van der Waals surface area contributed by atoms with E-state index in [2.05, 4.69) is 25.2 Å². The zero-order valence-corrected chi connectivity index (χ0v) is 31.5. The number of hydrogen-bond acceptors (Lipinski definition) is 11. The molecule has 12 nitrogen and oxygen atoms in total. The van der Waals surface area contributed by atoms with Crippen LogP contribution in [0.15, 0.2) is 18.2 Å². The number of nitrogens with one attached hydrogen (secondary N) is 1. The molecule has 0 bridgehead atoms. The Morgan fingerprint density at radius 1 is 0.962 bits per heavy atom. The molecule has 1 N–H and O–H groups in total. The first-order valence-corrected chi connectivity index (χ1v) is 18.2. The molecule has 2 aliphatic rings. The fraction of sp³-hybridized carbons (Fsp3) is 0.528. The smallest absolute Gasteiger partial charge is 0.413 e. The van der Waals surface area contributed by atoms with Gasteiger partial charge in [0.2, 0.25) is 0 Å². The van der Waals surface area contributed by atoms with Crippen LogP contribution < -0.4 is 15.0 Å². The summed E-state index contributed by atoms with van der Waals surface area (Å²) < 4.78 is 79.0. The van der Waals surface area contributed by atoms with Gasteiger partial charge in [-0.3, -0.25) is 5.32 Å². The maximum Gasteiger partial charge on any atom is 0.413 e. The number of alkyl halides is 2. The van der Waals surface area contributed by atoms with Gasteiger partial charge in [0.15, 0.2) is 10.9 Å². The van der Waals surface area contributed by atoms with Crippen molar-refractivity contribution in [1.29, 1.82) is 0 Å². The van der Waals surface area contributed by atoms with Crippen molar-refractivity contribution in [2.45, 2.75) is 78.1 Å². The number of benzene rings is 2. The number of likely N-dealkylation sites (N-methyl/N-ethyl adjacent to an activating group) is 1. The van der Waals surface area contributed by atoms with E-state index in [9.17, 15) is 9.59 Å².